The summed E-state index contributed by atoms with van der Waals surface area (Å²) in [5.41, 5.74) is 0. The second-order valence-corrected chi connectivity index (χ2v) is 5.16. The van der Waals surface area contributed by atoms with Gasteiger partial charge in [-0.15, -0.1) is 5.10 Å². The molecule has 1 N–H and O–H groups in total. The summed E-state index contributed by atoms with van der Waals surface area (Å²) in [6, 6.07) is 0. The minimum Gasteiger partial charge on any atom is -0.480 e. The maximum atomic E-state index is 10.6. The standard InChI is InChI=1S/C9H14N4O2S/c14-8(15)6-13-9(10-11-12-13)16-7-4-2-1-3-5-7/h7H,1-6H2,(H,14,15). The Morgan fingerprint density at radius 1 is 1.44 bits per heavy atom. The van der Waals surface area contributed by atoms with E-state index in [1.165, 1.54) is 36.8 Å². The summed E-state index contributed by atoms with van der Waals surface area (Å²) < 4.78 is 1.35. The average Bonchev–Trinajstić information content (AvgIpc) is 2.66. The van der Waals surface area contributed by atoms with E-state index in [1.54, 1.807) is 11.8 Å². The van der Waals surface area contributed by atoms with Crippen LogP contribution in [0, 0.1) is 0 Å². The minimum absolute atomic E-state index is 0.165. The molecule has 1 saturated carbocycles. The van der Waals surface area contributed by atoms with Gasteiger partial charge in [0.25, 0.3) is 0 Å². The number of hydrogen-bond acceptors (Lipinski definition) is 5. The number of carbonyl (C=O) groups is 1. The largest absolute Gasteiger partial charge is 0.480 e. The van der Waals surface area contributed by atoms with Crippen LogP contribution in [-0.4, -0.2) is 36.5 Å². The number of aromatic nitrogens is 4. The molecule has 6 nitrogen and oxygen atoms in total. The van der Waals surface area contributed by atoms with Gasteiger partial charge in [0.05, 0.1) is 0 Å². The Labute approximate surface area is 97.4 Å². The molecule has 88 valence electrons. The highest BCUT2D eigenvalue weighted by atomic mass is 32.2. The first-order valence-electron chi connectivity index (χ1n) is 5.40. The summed E-state index contributed by atoms with van der Waals surface area (Å²) in [5, 5.41) is 20.9. The van der Waals surface area contributed by atoms with Gasteiger partial charge in [-0.3, -0.25) is 4.79 Å². The first-order chi connectivity index (χ1) is 7.75. The van der Waals surface area contributed by atoms with Gasteiger partial charge in [0.2, 0.25) is 5.16 Å². The molecule has 0 aliphatic heterocycles. The van der Waals surface area contributed by atoms with E-state index in [0.29, 0.717) is 10.4 Å². The molecular weight excluding hydrogens is 228 g/mol. The van der Waals surface area contributed by atoms with Crippen LogP contribution in [-0.2, 0) is 11.3 Å². The van der Waals surface area contributed by atoms with E-state index in [4.69, 9.17) is 5.11 Å². The van der Waals surface area contributed by atoms with Gasteiger partial charge < -0.3 is 5.11 Å². The third-order valence-electron chi connectivity index (χ3n) is 2.61. The summed E-state index contributed by atoms with van der Waals surface area (Å²) in [6.45, 7) is -0.165. The van der Waals surface area contributed by atoms with E-state index in [-0.39, 0.29) is 6.54 Å². The molecule has 1 heterocycles. The number of carboxylic acids is 1. The van der Waals surface area contributed by atoms with Crippen molar-refractivity contribution < 1.29 is 9.90 Å². The number of thioether (sulfide) groups is 1. The van der Waals surface area contributed by atoms with Crippen LogP contribution in [0.25, 0.3) is 0 Å². The van der Waals surface area contributed by atoms with Crippen molar-refractivity contribution in [3.05, 3.63) is 0 Å². The van der Waals surface area contributed by atoms with E-state index in [2.05, 4.69) is 15.5 Å². The van der Waals surface area contributed by atoms with Crippen LogP contribution in [0.1, 0.15) is 32.1 Å². The van der Waals surface area contributed by atoms with E-state index in [1.807, 2.05) is 0 Å². The van der Waals surface area contributed by atoms with Gasteiger partial charge in [-0.2, -0.15) is 0 Å². The Morgan fingerprint density at radius 2 is 2.19 bits per heavy atom. The Balaban J connectivity index is 1.97. The lowest BCUT2D eigenvalue weighted by Crippen LogP contribution is -2.14. The van der Waals surface area contributed by atoms with E-state index in [9.17, 15) is 4.79 Å². The van der Waals surface area contributed by atoms with Crippen molar-refractivity contribution in [3.63, 3.8) is 0 Å². The molecule has 0 aromatic carbocycles. The molecule has 0 atom stereocenters. The molecule has 1 aliphatic carbocycles. The molecule has 0 radical (unpaired) electrons. The number of aliphatic carboxylic acids is 1. The fourth-order valence-corrected chi connectivity index (χ4v) is 3.01. The van der Waals surface area contributed by atoms with Gasteiger partial charge >= 0.3 is 5.97 Å². The van der Waals surface area contributed by atoms with Crippen LogP contribution >= 0.6 is 11.8 Å². The summed E-state index contributed by atoms with van der Waals surface area (Å²) in [7, 11) is 0. The molecule has 1 aromatic rings. The quantitative estimate of drug-likeness (QED) is 0.854. The topological polar surface area (TPSA) is 80.9 Å². The third kappa shape index (κ3) is 2.94. The fraction of sp³-hybridized carbons (Fsp3) is 0.778. The molecule has 0 unspecified atom stereocenters. The Morgan fingerprint density at radius 3 is 2.88 bits per heavy atom. The normalized spacial score (nSPS) is 17.5. The van der Waals surface area contributed by atoms with E-state index in [0.717, 1.165) is 0 Å². The number of nitrogens with zero attached hydrogens (tertiary/aromatic N) is 4. The lowest BCUT2D eigenvalue weighted by Gasteiger charge is -2.19. The molecular formula is C9H14N4O2S. The fourth-order valence-electron chi connectivity index (χ4n) is 1.84. The highest BCUT2D eigenvalue weighted by molar-refractivity contribution is 7.99. The van der Waals surface area contributed by atoms with Crippen molar-refractivity contribution >= 4 is 17.7 Å². The van der Waals surface area contributed by atoms with Crippen LogP contribution in [0.3, 0.4) is 0 Å². The molecule has 1 aliphatic rings. The Kier molecular flexibility index (Phi) is 3.76. The highest BCUT2D eigenvalue weighted by Gasteiger charge is 2.19. The highest BCUT2D eigenvalue weighted by Crippen LogP contribution is 2.31. The maximum Gasteiger partial charge on any atom is 0.325 e. The molecule has 0 amide bonds. The first kappa shape index (κ1) is 11.4. The SMILES string of the molecule is O=C(O)Cn1nnnc1SC1CCCCC1. The molecule has 0 bridgehead atoms. The lowest BCUT2D eigenvalue weighted by molar-refractivity contribution is -0.138. The zero-order valence-electron chi connectivity index (χ0n) is 8.87. The molecule has 7 heteroatoms. The van der Waals surface area contributed by atoms with Crippen LogP contribution in [0.4, 0.5) is 0 Å². The summed E-state index contributed by atoms with van der Waals surface area (Å²) in [6.07, 6.45) is 6.14. The van der Waals surface area contributed by atoms with Crippen molar-refractivity contribution in [2.75, 3.05) is 0 Å². The van der Waals surface area contributed by atoms with Crippen molar-refractivity contribution in [1.82, 2.24) is 20.2 Å². The second kappa shape index (κ2) is 5.29. The third-order valence-corrected chi connectivity index (χ3v) is 3.92. The summed E-state index contributed by atoms with van der Waals surface area (Å²) in [4.78, 5) is 10.6. The van der Waals surface area contributed by atoms with Crippen LogP contribution < -0.4 is 0 Å². The van der Waals surface area contributed by atoms with Gasteiger partial charge in [-0.05, 0) is 23.3 Å². The van der Waals surface area contributed by atoms with Crippen molar-refractivity contribution in [2.24, 2.45) is 0 Å². The summed E-state index contributed by atoms with van der Waals surface area (Å²) in [5.74, 6) is -0.919. The molecule has 1 fully saturated rings. The monoisotopic (exact) mass is 242 g/mol. The summed E-state index contributed by atoms with van der Waals surface area (Å²) >= 11 is 1.60. The van der Waals surface area contributed by atoms with Gasteiger partial charge in [0, 0.05) is 5.25 Å². The molecule has 16 heavy (non-hydrogen) atoms. The number of rotatable bonds is 4. The van der Waals surface area contributed by atoms with Crippen LogP contribution in [0.2, 0.25) is 0 Å². The van der Waals surface area contributed by atoms with Crippen molar-refractivity contribution in [1.29, 1.82) is 0 Å². The molecule has 2 rings (SSSR count). The Hall–Kier alpha value is -1.11. The molecule has 1 aromatic heterocycles. The van der Waals surface area contributed by atoms with Crippen LogP contribution in [0.15, 0.2) is 5.16 Å². The van der Waals surface area contributed by atoms with E-state index < -0.39 is 5.97 Å². The van der Waals surface area contributed by atoms with E-state index >= 15 is 0 Å². The smallest absolute Gasteiger partial charge is 0.325 e. The predicted molar refractivity (Wildman–Crippen MR) is 58.2 cm³/mol. The van der Waals surface area contributed by atoms with Gasteiger partial charge in [-0.25, -0.2) is 4.68 Å². The van der Waals surface area contributed by atoms with Crippen molar-refractivity contribution in [2.45, 2.75) is 49.1 Å². The lowest BCUT2D eigenvalue weighted by atomic mass is 10.0. The van der Waals surface area contributed by atoms with Crippen LogP contribution in [0.5, 0.6) is 0 Å². The number of hydrogen-bond donors (Lipinski definition) is 1. The zero-order chi connectivity index (χ0) is 11.4. The predicted octanol–water partition coefficient (Wildman–Crippen LogP) is 1.18. The Bertz CT molecular complexity index is 362. The van der Waals surface area contributed by atoms with Crippen molar-refractivity contribution in [3.8, 4) is 0 Å². The number of carboxylic acid groups (broad SMARTS) is 1. The number of tetrazole rings is 1. The first-order valence-corrected chi connectivity index (χ1v) is 6.28. The molecule has 0 spiro atoms. The zero-order valence-corrected chi connectivity index (χ0v) is 9.69. The van der Waals surface area contributed by atoms with Gasteiger partial charge in [-0.1, -0.05) is 31.0 Å². The minimum atomic E-state index is -0.919. The average molecular weight is 242 g/mol. The van der Waals surface area contributed by atoms with Gasteiger partial charge in [0.1, 0.15) is 6.54 Å². The molecule has 0 saturated heterocycles. The maximum absolute atomic E-state index is 10.6. The van der Waals surface area contributed by atoms with Gasteiger partial charge in [0.15, 0.2) is 0 Å². The second-order valence-electron chi connectivity index (χ2n) is 3.89.